The number of likely N-dealkylation sites (tertiary alicyclic amines) is 1. The second kappa shape index (κ2) is 6.32. The minimum absolute atomic E-state index is 0.672. The van der Waals surface area contributed by atoms with Crippen molar-refractivity contribution in [3.05, 3.63) is 42.5 Å². The smallest absolute Gasteiger partial charge is 0.158 e. The maximum absolute atomic E-state index is 4.80. The third-order valence-electron chi connectivity index (χ3n) is 4.94. The van der Waals surface area contributed by atoms with E-state index in [1.54, 1.807) is 0 Å². The summed E-state index contributed by atoms with van der Waals surface area (Å²) in [4.78, 5) is 16.5. The maximum atomic E-state index is 4.80. The van der Waals surface area contributed by atoms with E-state index in [9.17, 15) is 0 Å². The molecule has 1 fully saturated rings. The van der Waals surface area contributed by atoms with Crippen molar-refractivity contribution in [1.82, 2.24) is 24.4 Å². The fourth-order valence-corrected chi connectivity index (χ4v) is 3.71. The highest BCUT2D eigenvalue weighted by atomic mass is 15.1. The molecule has 0 N–H and O–H groups in total. The number of pyridine rings is 1. The molecule has 3 aromatic rings. The van der Waals surface area contributed by atoms with E-state index in [2.05, 4.69) is 28.0 Å². The molecule has 4 rings (SSSR count). The summed E-state index contributed by atoms with van der Waals surface area (Å²) in [5, 5.41) is 0. The third kappa shape index (κ3) is 2.91. The molecule has 0 aliphatic carbocycles. The van der Waals surface area contributed by atoms with Gasteiger partial charge < -0.3 is 9.47 Å². The number of hydrogen-bond donors (Lipinski definition) is 0. The number of rotatable bonds is 3. The molecule has 0 aromatic carbocycles. The summed E-state index contributed by atoms with van der Waals surface area (Å²) < 4.78 is 1.99. The molecule has 0 spiro atoms. The molecule has 124 valence electrons. The molecule has 5 heteroatoms. The van der Waals surface area contributed by atoms with Crippen molar-refractivity contribution >= 4 is 11.2 Å². The highest BCUT2D eigenvalue weighted by Gasteiger charge is 2.20. The Morgan fingerprint density at radius 3 is 3.00 bits per heavy atom. The Labute approximate surface area is 142 Å². The Balaban J connectivity index is 1.67. The van der Waals surface area contributed by atoms with Gasteiger partial charge in [0.1, 0.15) is 5.52 Å². The van der Waals surface area contributed by atoms with E-state index in [0.717, 1.165) is 41.1 Å². The largest absolute Gasteiger partial charge is 0.334 e. The summed E-state index contributed by atoms with van der Waals surface area (Å²) in [6.07, 6.45) is 9.32. The first-order valence-electron chi connectivity index (χ1n) is 8.61. The van der Waals surface area contributed by atoms with Crippen molar-refractivity contribution in [2.75, 3.05) is 20.1 Å². The summed E-state index contributed by atoms with van der Waals surface area (Å²) >= 11 is 0. The molecule has 1 saturated heterocycles. The Bertz CT molecular complexity index is 854. The van der Waals surface area contributed by atoms with Gasteiger partial charge in [-0.1, -0.05) is 0 Å². The van der Waals surface area contributed by atoms with Crippen LogP contribution < -0.4 is 0 Å². The van der Waals surface area contributed by atoms with Gasteiger partial charge in [0.05, 0.1) is 17.6 Å². The average Bonchev–Trinajstić information content (AvgIpc) is 2.96. The number of fused-ring (bicyclic) bond motifs is 1. The Hall–Kier alpha value is -2.27. The van der Waals surface area contributed by atoms with Crippen molar-refractivity contribution in [1.29, 1.82) is 0 Å². The summed E-state index contributed by atoms with van der Waals surface area (Å²) in [5.74, 6) is 0.672. The molecule has 0 unspecified atom stereocenters. The Morgan fingerprint density at radius 1 is 1.21 bits per heavy atom. The van der Waals surface area contributed by atoms with Gasteiger partial charge in [-0.2, -0.15) is 0 Å². The maximum Gasteiger partial charge on any atom is 0.158 e. The van der Waals surface area contributed by atoms with Crippen molar-refractivity contribution in [2.45, 2.75) is 19.3 Å². The van der Waals surface area contributed by atoms with Crippen LogP contribution in [0.15, 0.2) is 36.8 Å². The number of nitrogens with zero attached hydrogens (tertiary/aromatic N) is 5. The molecule has 0 amide bonds. The quantitative estimate of drug-likeness (QED) is 0.744. The van der Waals surface area contributed by atoms with Gasteiger partial charge in [0.2, 0.25) is 0 Å². The minimum Gasteiger partial charge on any atom is -0.334 e. The summed E-state index contributed by atoms with van der Waals surface area (Å²) in [5.41, 5.74) is 5.02. The van der Waals surface area contributed by atoms with E-state index in [1.807, 2.05) is 42.3 Å². The van der Waals surface area contributed by atoms with Crippen LogP contribution in [0.2, 0.25) is 0 Å². The first-order chi connectivity index (χ1) is 11.7. The van der Waals surface area contributed by atoms with Crippen LogP contribution in [-0.4, -0.2) is 44.6 Å². The lowest BCUT2D eigenvalue weighted by Crippen LogP contribution is -2.33. The molecule has 1 aliphatic heterocycles. The molecule has 0 radical (unpaired) electrons. The lowest BCUT2D eigenvalue weighted by molar-refractivity contribution is 0.208. The second-order valence-electron chi connectivity index (χ2n) is 6.86. The van der Waals surface area contributed by atoms with Gasteiger partial charge in [-0.15, -0.1) is 0 Å². The van der Waals surface area contributed by atoms with Crippen LogP contribution >= 0.6 is 0 Å². The van der Waals surface area contributed by atoms with Crippen LogP contribution in [0.1, 0.15) is 18.5 Å². The Kier molecular flexibility index (Phi) is 4.02. The van der Waals surface area contributed by atoms with Gasteiger partial charge >= 0.3 is 0 Å². The van der Waals surface area contributed by atoms with Crippen LogP contribution in [0.4, 0.5) is 0 Å². The third-order valence-corrected chi connectivity index (χ3v) is 4.94. The molecule has 0 bridgehead atoms. The lowest BCUT2D eigenvalue weighted by Gasteiger charge is -2.29. The van der Waals surface area contributed by atoms with Crippen molar-refractivity contribution in [3.63, 3.8) is 0 Å². The van der Waals surface area contributed by atoms with E-state index < -0.39 is 0 Å². The van der Waals surface area contributed by atoms with Gasteiger partial charge in [-0.05, 0) is 57.0 Å². The molecule has 0 saturated carbocycles. The second-order valence-corrected chi connectivity index (χ2v) is 6.86. The summed E-state index contributed by atoms with van der Waals surface area (Å²) in [6.45, 7) is 2.36. The highest BCUT2D eigenvalue weighted by Crippen LogP contribution is 2.26. The van der Waals surface area contributed by atoms with Gasteiger partial charge in [-0.3, -0.25) is 4.98 Å². The van der Waals surface area contributed by atoms with Crippen LogP contribution in [0.5, 0.6) is 0 Å². The first-order valence-corrected chi connectivity index (χ1v) is 8.61. The lowest BCUT2D eigenvalue weighted by atomic mass is 9.91. The molecule has 24 heavy (non-hydrogen) atoms. The highest BCUT2D eigenvalue weighted by molar-refractivity contribution is 5.75. The zero-order chi connectivity index (χ0) is 16.5. The van der Waals surface area contributed by atoms with E-state index >= 15 is 0 Å². The van der Waals surface area contributed by atoms with Gasteiger partial charge in [0.15, 0.2) is 5.65 Å². The topological polar surface area (TPSA) is 46.8 Å². The molecule has 1 atom stereocenters. The zero-order valence-electron chi connectivity index (χ0n) is 14.3. The molecule has 5 nitrogen and oxygen atoms in total. The number of aryl methyl sites for hydroxylation is 1. The number of piperidine rings is 1. The summed E-state index contributed by atoms with van der Waals surface area (Å²) in [6, 6.07) is 6.12. The minimum atomic E-state index is 0.672. The summed E-state index contributed by atoms with van der Waals surface area (Å²) in [7, 11) is 4.20. The van der Waals surface area contributed by atoms with Crippen LogP contribution in [0.3, 0.4) is 0 Å². The normalized spacial score (nSPS) is 19.0. The van der Waals surface area contributed by atoms with Crippen LogP contribution in [0.25, 0.3) is 22.4 Å². The number of hydrogen-bond acceptors (Lipinski definition) is 4. The predicted octanol–water partition coefficient (Wildman–Crippen LogP) is 2.91. The van der Waals surface area contributed by atoms with E-state index in [4.69, 9.17) is 4.98 Å². The fourth-order valence-electron chi connectivity index (χ4n) is 3.71. The standard InChI is InChI=1S/C19H23N5/c1-23-9-4-5-14(13-23)11-17-15(6-3-8-20-17)18-12-21-19-16(22-18)7-10-24(19)2/h3,6-8,10,12,14H,4-5,9,11,13H2,1-2H3/t14-/m1/s1. The van der Waals surface area contributed by atoms with Crippen LogP contribution in [0, 0.1) is 5.92 Å². The fraction of sp³-hybridized carbons (Fsp3) is 0.421. The predicted molar refractivity (Wildman–Crippen MR) is 95.7 cm³/mol. The molecule has 1 aliphatic rings. The first kappa shape index (κ1) is 15.3. The zero-order valence-corrected chi connectivity index (χ0v) is 14.3. The van der Waals surface area contributed by atoms with Crippen molar-refractivity contribution in [2.24, 2.45) is 13.0 Å². The van der Waals surface area contributed by atoms with Gasteiger partial charge in [-0.25, -0.2) is 9.97 Å². The molecular formula is C19H23N5. The molecular weight excluding hydrogens is 298 g/mol. The Morgan fingerprint density at radius 2 is 2.12 bits per heavy atom. The SMILES string of the molecule is CN1CCC[C@H](Cc2ncccc2-c2cnc3c(ccn3C)n2)C1. The van der Waals surface area contributed by atoms with E-state index in [0.29, 0.717) is 5.92 Å². The average molecular weight is 321 g/mol. The van der Waals surface area contributed by atoms with E-state index in [-0.39, 0.29) is 0 Å². The molecule has 4 heterocycles. The van der Waals surface area contributed by atoms with Crippen LogP contribution in [-0.2, 0) is 13.5 Å². The molecule has 3 aromatic heterocycles. The monoisotopic (exact) mass is 321 g/mol. The number of aromatic nitrogens is 4. The van der Waals surface area contributed by atoms with E-state index in [1.165, 1.54) is 19.4 Å². The van der Waals surface area contributed by atoms with Crippen molar-refractivity contribution in [3.8, 4) is 11.3 Å². The van der Waals surface area contributed by atoms with Gasteiger partial charge in [0.25, 0.3) is 0 Å². The van der Waals surface area contributed by atoms with Crippen molar-refractivity contribution < 1.29 is 0 Å². The van der Waals surface area contributed by atoms with Gasteiger partial charge in [0, 0.05) is 31.5 Å².